The van der Waals surface area contributed by atoms with Crippen LogP contribution in [0.2, 0.25) is 5.02 Å². The number of aliphatic hydroxyl groups is 1. The Morgan fingerprint density at radius 2 is 1.86 bits per heavy atom. The standard InChI is InChI=1S/C15H10ClNO3S/c16-10-4-2-1-3-8(10)7-9-5-6-11(21-9)12-13(18)15(20)17-14(12)19/h1-6H,7H2,(H2,17,18,19,20). The number of carbonyl (C=O) groups excluding carboxylic acids is 2. The minimum atomic E-state index is -0.754. The van der Waals surface area contributed by atoms with Crippen LogP contribution in [0.4, 0.5) is 0 Å². The average Bonchev–Trinajstić information content (AvgIpc) is 2.98. The summed E-state index contributed by atoms with van der Waals surface area (Å²) < 4.78 is 0. The van der Waals surface area contributed by atoms with Crippen molar-refractivity contribution in [2.24, 2.45) is 0 Å². The molecule has 1 aliphatic heterocycles. The van der Waals surface area contributed by atoms with E-state index < -0.39 is 17.6 Å². The minimum Gasteiger partial charge on any atom is -0.502 e. The van der Waals surface area contributed by atoms with Crippen molar-refractivity contribution in [2.45, 2.75) is 6.42 Å². The van der Waals surface area contributed by atoms with E-state index in [0.717, 1.165) is 10.4 Å². The van der Waals surface area contributed by atoms with E-state index in [1.54, 1.807) is 6.07 Å². The fourth-order valence-electron chi connectivity index (χ4n) is 2.11. The monoisotopic (exact) mass is 319 g/mol. The van der Waals surface area contributed by atoms with Gasteiger partial charge in [0.1, 0.15) is 5.57 Å². The number of rotatable bonds is 3. The fourth-order valence-corrected chi connectivity index (χ4v) is 3.39. The maximum absolute atomic E-state index is 11.7. The summed E-state index contributed by atoms with van der Waals surface area (Å²) in [7, 11) is 0. The molecule has 0 radical (unpaired) electrons. The van der Waals surface area contributed by atoms with Crippen molar-refractivity contribution < 1.29 is 14.7 Å². The molecule has 2 amide bonds. The van der Waals surface area contributed by atoms with Crippen LogP contribution in [0.3, 0.4) is 0 Å². The molecule has 0 fully saturated rings. The second-order valence-corrected chi connectivity index (χ2v) is 6.12. The summed E-state index contributed by atoms with van der Waals surface area (Å²) in [6.07, 6.45) is 0.633. The first-order valence-corrected chi connectivity index (χ1v) is 7.37. The van der Waals surface area contributed by atoms with E-state index in [0.29, 0.717) is 16.3 Å². The Kier molecular flexibility index (Phi) is 3.53. The number of hydrogen-bond donors (Lipinski definition) is 2. The molecule has 0 spiro atoms. The number of hydrogen-bond acceptors (Lipinski definition) is 4. The summed E-state index contributed by atoms with van der Waals surface area (Å²) in [5.41, 5.74) is 1.02. The molecule has 21 heavy (non-hydrogen) atoms. The van der Waals surface area contributed by atoms with Gasteiger partial charge in [-0.3, -0.25) is 14.9 Å². The van der Waals surface area contributed by atoms with Gasteiger partial charge < -0.3 is 5.11 Å². The van der Waals surface area contributed by atoms with Gasteiger partial charge in [0.05, 0.1) is 0 Å². The molecule has 6 heteroatoms. The molecule has 0 atom stereocenters. The lowest BCUT2D eigenvalue weighted by Crippen LogP contribution is -2.22. The molecule has 0 saturated heterocycles. The average molecular weight is 320 g/mol. The van der Waals surface area contributed by atoms with E-state index in [4.69, 9.17) is 11.6 Å². The highest BCUT2D eigenvalue weighted by Crippen LogP contribution is 2.31. The van der Waals surface area contributed by atoms with E-state index in [1.807, 2.05) is 30.3 Å². The molecule has 0 aliphatic carbocycles. The van der Waals surface area contributed by atoms with Crippen molar-refractivity contribution in [3.8, 4) is 0 Å². The second kappa shape index (κ2) is 5.35. The molecule has 1 aromatic carbocycles. The Bertz CT molecular complexity index is 779. The normalized spacial score (nSPS) is 14.7. The fraction of sp³-hybridized carbons (Fsp3) is 0.0667. The smallest absolute Gasteiger partial charge is 0.293 e. The molecule has 106 valence electrons. The molecule has 2 aromatic rings. The molecule has 0 saturated carbocycles. The van der Waals surface area contributed by atoms with Gasteiger partial charge >= 0.3 is 0 Å². The zero-order chi connectivity index (χ0) is 15.0. The predicted octanol–water partition coefficient (Wildman–Crippen LogP) is 2.92. The zero-order valence-electron chi connectivity index (χ0n) is 10.7. The maximum Gasteiger partial charge on any atom is 0.293 e. The first kappa shape index (κ1) is 13.9. The Morgan fingerprint density at radius 3 is 2.52 bits per heavy atom. The van der Waals surface area contributed by atoms with Crippen LogP contribution in [-0.2, 0) is 16.0 Å². The SMILES string of the molecule is O=C1NC(=O)C(c2ccc(Cc3ccccc3Cl)s2)=C1O. The van der Waals surface area contributed by atoms with E-state index in [-0.39, 0.29) is 5.57 Å². The summed E-state index contributed by atoms with van der Waals surface area (Å²) in [6.45, 7) is 0. The third-order valence-corrected chi connectivity index (χ3v) is 4.61. The van der Waals surface area contributed by atoms with Gasteiger partial charge in [-0.1, -0.05) is 29.8 Å². The molecule has 3 rings (SSSR count). The number of thiophene rings is 1. The summed E-state index contributed by atoms with van der Waals surface area (Å²) in [5.74, 6) is -1.84. The molecule has 1 aliphatic rings. The van der Waals surface area contributed by atoms with Gasteiger partial charge in [-0.25, -0.2) is 0 Å². The molecule has 2 heterocycles. The van der Waals surface area contributed by atoms with Crippen molar-refractivity contribution in [1.82, 2.24) is 5.32 Å². The van der Waals surface area contributed by atoms with Crippen molar-refractivity contribution in [1.29, 1.82) is 0 Å². The highest BCUT2D eigenvalue weighted by molar-refractivity contribution is 7.13. The molecule has 1 aromatic heterocycles. The zero-order valence-corrected chi connectivity index (χ0v) is 12.3. The van der Waals surface area contributed by atoms with Gasteiger partial charge in [0.15, 0.2) is 5.76 Å². The first-order chi connectivity index (χ1) is 10.1. The second-order valence-electron chi connectivity index (χ2n) is 4.54. The number of carbonyl (C=O) groups is 2. The van der Waals surface area contributed by atoms with Gasteiger partial charge in [-0.05, 0) is 23.8 Å². The summed E-state index contributed by atoms with van der Waals surface area (Å²) in [5, 5.41) is 12.4. The van der Waals surface area contributed by atoms with Crippen LogP contribution in [-0.4, -0.2) is 16.9 Å². The van der Waals surface area contributed by atoms with Crippen molar-refractivity contribution >= 4 is 40.3 Å². The quantitative estimate of drug-likeness (QED) is 0.855. The summed E-state index contributed by atoms with van der Waals surface area (Å²) in [6, 6.07) is 11.1. The van der Waals surface area contributed by atoms with Crippen LogP contribution < -0.4 is 5.32 Å². The lowest BCUT2D eigenvalue weighted by molar-refractivity contribution is -0.124. The Hall–Kier alpha value is -2.11. The van der Waals surface area contributed by atoms with Gasteiger partial charge in [0, 0.05) is 21.2 Å². The van der Waals surface area contributed by atoms with Crippen LogP contribution in [0.25, 0.3) is 5.57 Å². The van der Waals surface area contributed by atoms with Crippen molar-refractivity contribution in [3.05, 3.63) is 62.5 Å². The Labute approximate surface area is 129 Å². The van der Waals surface area contributed by atoms with Crippen molar-refractivity contribution in [3.63, 3.8) is 0 Å². The van der Waals surface area contributed by atoms with E-state index >= 15 is 0 Å². The highest BCUT2D eigenvalue weighted by atomic mass is 35.5. The molecular formula is C15H10ClNO3S. The Morgan fingerprint density at radius 1 is 1.10 bits per heavy atom. The van der Waals surface area contributed by atoms with Crippen LogP contribution in [0.15, 0.2) is 42.2 Å². The van der Waals surface area contributed by atoms with Crippen LogP contribution in [0, 0.1) is 0 Å². The lowest BCUT2D eigenvalue weighted by atomic mass is 10.1. The number of imide groups is 1. The number of amides is 2. The molecule has 2 N–H and O–H groups in total. The van der Waals surface area contributed by atoms with Gasteiger partial charge in [0.2, 0.25) is 0 Å². The van der Waals surface area contributed by atoms with Crippen LogP contribution in [0.5, 0.6) is 0 Å². The summed E-state index contributed by atoms with van der Waals surface area (Å²) >= 11 is 7.47. The molecule has 0 bridgehead atoms. The maximum atomic E-state index is 11.7. The molecular weight excluding hydrogens is 310 g/mol. The van der Waals surface area contributed by atoms with Gasteiger partial charge in [-0.2, -0.15) is 0 Å². The van der Waals surface area contributed by atoms with E-state index in [1.165, 1.54) is 11.3 Å². The van der Waals surface area contributed by atoms with Crippen LogP contribution >= 0.6 is 22.9 Å². The highest BCUT2D eigenvalue weighted by Gasteiger charge is 2.31. The number of nitrogens with one attached hydrogen (secondary N) is 1. The topological polar surface area (TPSA) is 66.4 Å². The Balaban J connectivity index is 1.90. The number of halogens is 1. The van der Waals surface area contributed by atoms with Gasteiger partial charge in [0.25, 0.3) is 11.8 Å². The minimum absolute atomic E-state index is 0.0374. The molecule has 0 unspecified atom stereocenters. The number of benzene rings is 1. The van der Waals surface area contributed by atoms with Gasteiger partial charge in [-0.15, -0.1) is 11.3 Å². The van der Waals surface area contributed by atoms with Crippen molar-refractivity contribution in [2.75, 3.05) is 0 Å². The van der Waals surface area contributed by atoms with E-state index in [9.17, 15) is 14.7 Å². The van der Waals surface area contributed by atoms with Crippen LogP contribution in [0.1, 0.15) is 15.3 Å². The lowest BCUT2D eigenvalue weighted by Gasteiger charge is -2.01. The summed E-state index contributed by atoms with van der Waals surface area (Å²) in [4.78, 5) is 24.5. The third kappa shape index (κ3) is 2.57. The third-order valence-electron chi connectivity index (χ3n) is 3.14. The first-order valence-electron chi connectivity index (χ1n) is 6.17. The van der Waals surface area contributed by atoms with E-state index in [2.05, 4.69) is 5.32 Å². The number of aliphatic hydroxyl groups excluding tert-OH is 1. The predicted molar refractivity (Wildman–Crippen MR) is 81.3 cm³/mol. The molecule has 4 nitrogen and oxygen atoms in total. The largest absolute Gasteiger partial charge is 0.502 e.